The zero-order valence-electron chi connectivity index (χ0n) is 11.7. The summed E-state index contributed by atoms with van der Waals surface area (Å²) < 4.78 is 12.5. The van der Waals surface area contributed by atoms with Crippen molar-refractivity contribution in [2.24, 2.45) is 7.05 Å². The van der Waals surface area contributed by atoms with Gasteiger partial charge >= 0.3 is 0 Å². The van der Waals surface area contributed by atoms with Crippen LogP contribution in [0.2, 0.25) is 0 Å². The molecule has 0 saturated carbocycles. The van der Waals surface area contributed by atoms with Crippen molar-refractivity contribution in [3.8, 4) is 11.5 Å². The molecule has 2 aromatic rings. The first-order chi connectivity index (χ1) is 9.15. The van der Waals surface area contributed by atoms with E-state index in [1.165, 1.54) is 0 Å². The predicted octanol–water partition coefficient (Wildman–Crippen LogP) is 2.36. The molecule has 0 radical (unpaired) electrons. The van der Waals surface area contributed by atoms with Crippen molar-refractivity contribution in [3.63, 3.8) is 0 Å². The van der Waals surface area contributed by atoms with Crippen LogP contribution in [0.25, 0.3) is 0 Å². The van der Waals surface area contributed by atoms with E-state index in [0.717, 1.165) is 28.4 Å². The number of hydrogen-bond acceptors (Lipinski definition) is 4. The molecule has 1 N–H and O–H groups in total. The average molecular weight is 261 g/mol. The molecule has 0 fully saturated rings. The largest absolute Gasteiger partial charge is 0.493 e. The van der Waals surface area contributed by atoms with E-state index in [1.807, 2.05) is 38.4 Å². The van der Waals surface area contributed by atoms with Gasteiger partial charge < -0.3 is 14.8 Å². The molecular weight excluding hydrogens is 242 g/mol. The summed E-state index contributed by atoms with van der Waals surface area (Å²) in [6.45, 7) is 2.64. The highest BCUT2D eigenvalue weighted by atomic mass is 16.5. The summed E-state index contributed by atoms with van der Waals surface area (Å²) in [5, 5.41) is 7.66. The van der Waals surface area contributed by atoms with Gasteiger partial charge in [0.1, 0.15) is 0 Å². The third-order valence-corrected chi connectivity index (χ3v) is 2.97. The van der Waals surface area contributed by atoms with Crippen LogP contribution < -0.4 is 14.8 Å². The van der Waals surface area contributed by atoms with Crippen LogP contribution in [0, 0.1) is 6.92 Å². The van der Waals surface area contributed by atoms with E-state index in [-0.39, 0.29) is 0 Å². The number of benzene rings is 1. The van der Waals surface area contributed by atoms with Gasteiger partial charge in [0.25, 0.3) is 0 Å². The number of nitrogens with one attached hydrogen (secondary N) is 1. The zero-order valence-corrected chi connectivity index (χ0v) is 11.7. The summed E-state index contributed by atoms with van der Waals surface area (Å²) >= 11 is 0. The Hall–Kier alpha value is -2.17. The maximum absolute atomic E-state index is 5.41. The SMILES string of the molecule is COc1cccc(CNc2cn(C)nc2C)c1OC. The number of rotatable bonds is 5. The van der Waals surface area contributed by atoms with Gasteiger partial charge in [-0.1, -0.05) is 12.1 Å². The Labute approximate surface area is 113 Å². The molecule has 19 heavy (non-hydrogen) atoms. The number of aromatic nitrogens is 2. The molecule has 5 heteroatoms. The van der Waals surface area contributed by atoms with E-state index in [1.54, 1.807) is 18.9 Å². The molecule has 0 aliphatic rings. The van der Waals surface area contributed by atoms with Crippen LogP contribution in [0.5, 0.6) is 11.5 Å². The second-order valence-electron chi connectivity index (χ2n) is 4.31. The maximum Gasteiger partial charge on any atom is 0.165 e. The Bertz CT molecular complexity index is 564. The summed E-state index contributed by atoms with van der Waals surface area (Å²) in [4.78, 5) is 0. The second kappa shape index (κ2) is 5.65. The number of ether oxygens (including phenoxy) is 2. The lowest BCUT2D eigenvalue weighted by Crippen LogP contribution is -2.03. The number of methoxy groups -OCH3 is 2. The van der Waals surface area contributed by atoms with E-state index < -0.39 is 0 Å². The second-order valence-corrected chi connectivity index (χ2v) is 4.31. The van der Waals surface area contributed by atoms with Crippen LogP contribution in [0.1, 0.15) is 11.3 Å². The van der Waals surface area contributed by atoms with Gasteiger partial charge in [-0.25, -0.2) is 0 Å². The first-order valence-electron chi connectivity index (χ1n) is 6.09. The summed E-state index contributed by atoms with van der Waals surface area (Å²) in [7, 11) is 5.20. The molecule has 0 spiro atoms. The third kappa shape index (κ3) is 2.81. The van der Waals surface area contributed by atoms with Gasteiger partial charge in [0, 0.05) is 25.4 Å². The molecule has 0 bridgehead atoms. The fourth-order valence-electron chi connectivity index (χ4n) is 2.06. The van der Waals surface area contributed by atoms with Crippen molar-refractivity contribution in [2.45, 2.75) is 13.5 Å². The highest BCUT2D eigenvalue weighted by Crippen LogP contribution is 2.31. The van der Waals surface area contributed by atoms with E-state index >= 15 is 0 Å². The molecule has 1 heterocycles. The van der Waals surface area contributed by atoms with Crippen LogP contribution in [0.15, 0.2) is 24.4 Å². The minimum Gasteiger partial charge on any atom is -0.493 e. The van der Waals surface area contributed by atoms with Gasteiger partial charge in [-0.05, 0) is 13.0 Å². The van der Waals surface area contributed by atoms with Gasteiger partial charge in [0.05, 0.1) is 25.6 Å². The fraction of sp³-hybridized carbons (Fsp3) is 0.357. The van der Waals surface area contributed by atoms with Crippen LogP contribution >= 0.6 is 0 Å². The molecule has 5 nitrogen and oxygen atoms in total. The van der Waals surface area contributed by atoms with Crippen molar-refractivity contribution in [1.82, 2.24) is 9.78 Å². The molecule has 0 amide bonds. The Balaban J connectivity index is 2.17. The van der Waals surface area contributed by atoms with Crippen molar-refractivity contribution in [1.29, 1.82) is 0 Å². The Morgan fingerprint density at radius 3 is 2.63 bits per heavy atom. The van der Waals surface area contributed by atoms with Gasteiger partial charge in [0.2, 0.25) is 0 Å². The van der Waals surface area contributed by atoms with Crippen LogP contribution in [-0.4, -0.2) is 24.0 Å². The lowest BCUT2D eigenvalue weighted by molar-refractivity contribution is 0.352. The minimum absolute atomic E-state index is 0.660. The summed E-state index contributed by atoms with van der Waals surface area (Å²) in [6, 6.07) is 5.85. The average Bonchev–Trinajstić information content (AvgIpc) is 2.73. The van der Waals surface area contributed by atoms with E-state index in [2.05, 4.69) is 10.4 Å². The molecule has 2 rings (SSSR count). The van der Waals surface area contributed by atoms with Crippen LogP contribution in [0.4, 0.5) is 5.69 Å². The Morgan fingerprint density at radius 2 is 2.05 bits per heavy atom. The zero-order chi connectivity index (χ0) is 13.8. The van der Waals surface area contributed by atoms with E-state index in [0.29, 0.717) is 6.54 Å². The van der Waals surface area contributed by atoms with Gasteiger partial charge in [-0.2, -0.15) is 5.10 Å². The number of hydrogen-bond donors (Lipinski definition) is 1. The highest BCUT2D eigenvalue weighted by Gasteiger charge is 2.10. The molecule has 102 valence electrons. The molecule has 1 aromatic heterocycles. The quantitative estimate of drug-likeness (QED) is 0.897. The van der Waals surface area contributed by atoms with Crippen LogP contribution in [0.3, 0.4) is 0 Å². The number of nitrogens with zero attached hydrogens (tertiary/aromatic N) is 2. The monoisotopic (exact) mass is 261 g/mol. The first-order valence-corrected chi connectivity index (χ1v) is 6.09. The van der Waals surface area contributed by atoms with Gasteiger partial charge in [0.15, 0.2) is 11.5 Å². The minimum atomic E-state index is 0.660. The van der Waals surface area contributed by atoms with Crippen molar-refractivity contribution < 1.29 is 9.47 Å². The molecule has 0 aliphatic carbocycles. The summed E-state index contributed by atoms with van der Waals surface area (Å²) in [6.07, 6.45) is 1.96. The van der Waals surface area contributed by atoms with Crippen molar-refractivity contribution >= 4 is 5.69 Å². The normalized spacial score (nSPS) is 10.3. The Kier molecular flexibility index (Phi) is 3.94. The number of anilines is 1. The van der Waals surface area contributed by atoms with Crippen LogP contribution in [-0.2, 0) is 13.6 Å². The molecule has 0 aliphatic heterocycles. The maximum atomic E-state index is 5.41. The topological polar surface area (TPSA) is 48.3 Å². The number of aryl methyl sites for hydroxylation is 2. The van der Waals surface area contributed by atoms with E-state index in [9.17, 15) is 0 Å². The van der Waals surface area contributed by atoms with Gasteiger partial charge in [-0.3, -0.25) is 4.68 Å². The number of para-hydroxylation sites is 1. The standard InChI is InChI=1S/C14H19N3O2/c1-10-12(9-17(2)16-10)15-8-11-6-5-7-13(18-3)14(11)19-4/h5-7,9,15H,8H2,1-4H3. The van der Waals surface area contributed by atoms with Crippen molar-refractivity contribution in [3.05, 3.63) is 35.7 Å². The van der Waals surface area contributed by atoms with Gasteiger partial charge in [-0.15, -0.1) is 0 Å². The molecule has 0 atom stereocenters. The predicted molar refractivity (Wildman–Crippen MR) is 74.8 cm³/mol. The molecule has 0 saturated heterocycles. The lowest BCUT2D eigenvalue weighted by Gasteiger charge is -2.13. The molecule has 0 unspecified atom stereocenters. The van der Waals surface area contributed by atoms with Crippen molar-refractivity contribution in [2.75, 3.05) is 19.5 Å². The molecular formula is C14H19N3O2. The van der Waals surface area contributed by atoms with E-state index in [4.69, 9.17) is 9.47 Å². The molecule has 1 aromatic carbocycles. The smallest absolute Gasteiger partial charge is 0.165 e. The third-order valence-electron chi connectivity index (χ3n) is 2.97. The summed E-state index contributed by atoms with van der Waals surface area (Å²) in [5.41, 5.74) is 3.04. The lowest BCUT2D eigenvalue weighted by atomic mass is 10.2. The fourth-order valence-corrected chi connectivity index (χ4v) is 2.06. The summed E-state index contributed by atoms with van der Waals surface area (Å²) in [5.74, 6) is 1.50. The Morgan fingerprint density at radius 1 is 1.26 bits per heavy atom. The highest BCUT2D eigenvalue weighted by molar-refractivity contribution is 5.50. The first kappa shape index (κ1) is 13.3.